The highest BCUT2D eigenvalue weighted by Gasteiger charge is 2.25. The molecule has 0 radical (unpaired) electrons. The van der Waals surface area contributed by atoms with Crippen LogP contribution in [0.15, 0.2) is 72.8 Å². The highest BCUT2D eigenvalue weighted by atomic mass is 35.5. The molecule has 3 amide bonds. The van der Waals surface area contributed by atoms with Gasteiger partial charge in [0.2, 0.25) is 0 Å². The number of piperidine rings is 1. The van der Waals surface area contributed by atoms with Gasteiger partial charge in [-0.15, -0.1) is 0 Å². The fraction of sp³-hybridized carbons (Fsp3) is 0.286. The first-order valence-electron chi connectivity index (χ1n) is 11.8. The number of carbonyl (C=O) groups excluding carboxylic acids is 2. The standard InChI is InChI=1S/C28H31ClN4O2/c1-32(2)26-14-8-20(9-15-26)18-30-27(34)22-6-3-5-21(17-22)23-7-4-16-33(19-23)28(35)31-25-12-10-24(29)11-13-25/h3,5-6,8-15,17,23H,4,7,16,18-19H2,1-2H3,(H,30,34)(H,31,35)/t23-/m0/s1. The first kappa shape index (κ1) is 24.6. The summed E-state index contributed by atoms with van der Waals surface area (Å²) in [5, 5.41) is 6.59. The number of likely N-dealkylation sites (tertiary alicyclic amines) is 1. The zero-order valence-corrected chi connectivity index (χ0v) is 20.9. The lowest BCUT2D eigenvalue weighted by molar-refractivity contribution is 0.0950. The average molecular weight is 491 g/mol. The van der Waals surface area contributed by atoms with Crippen molar-refractivity contribution in [2.24, 2.45) is 0 Å². The largest absolute Gasteiger partial charge is 0.378 e. The van der Waals surface area contributed by atoms with Gasteiger partial charge in [0.05, 0.1) is 0 Å². The van der Waals surface area contributed by atoms with Crippen molar-refractivity contribution in [2.75, 3.05) is 37.4 Å². The van der Waals surface area contributed by atoms with Gasteiger partial charge in [-0.25, -0.2) is 4.79 Å². The summed E-state index contributed by atoms with van der Waals surface area (Å²) < 4.78 is 0. The van der Waals surface area contributed by atoms with Gasteiger partial charge < -0.3 is 20.4 Å². The van der Waals surface area contributed by atoms with Gasteiger partial charge in [-0.2, -0.15) is 0 Å². The third kappa shape index (κ3) is 6.55. The van der Waals surface area contributed by atoms with E-state index in [0.717, 1.165) is 35.3 Å². The van der Waals surface area contributed by atoms with Crippen molar-refractivity contribution in [3.8, 4) is 0 Å². The maximum atomic E-state index is 12.8. The Labute approximate surface area is 211 Å². The number of halogens is 1. The fourth-order valence-electron chi connectivity index (χ4n) is 4.30. The normalized spacial score (nSPS) is 15.4. The monoisotopic (exact) mass is 490 g/mol. The Morgan fingerprint density at radius 2 is 1.77 bits per heavy atom. The number of anilines is 2. The second kappa shape index (κ2) is 11.3. The van der Waals surface area contributed by atoms with Crippen LogP contribution in [0.1, 0.15) is 40.2 Å². The Kier molecular flexibility index (Phi) is 7.93. The van der Waals surface area contributed by atoms with E-state index in [2.05, 4.69) is 10.6 Å². The molecule has 1 heterocycles. The third-order valence-corrected chi connectivity index (χ3v) is 6.58. The fourth-order valence-corrected chi connectivity index (χ4v) is 4.43. The van der Waals surface area contributed by atoms with Gasteiger partial charge in [0.25, 0.3) is 5.91 Å². The first-order valence-corrected chi connectivity index (χ1v) is 12.2. The summed E-state index contributed by atoms with van der Waals surface area (Å²) in [6.45, 7) is 1.80. The highest BCUT2D eigenvalue weighted by molar-refractivity contribution is 6.30. The molecule has 1 aliphatic heterocycles. The zero-order chi connectivity index (χ0) is 24.8. The summed E-state index contributed by atoms with van der Waals surface area (Å²) in [6, 6.07) is 22.9. The number of nitrogens with one attached hydrogen (secondary N) is 2. The molecule has 1 atom stereocenters. The topological polar surface area (TPSA) is 64.7 Å². The molecule has 0 aliphatic carbocycles. The molecule has 0 aromatic heterocycles. The lowest BCUT2D eigenvalue weighted by atomic mass is 9.89. The highest BCUT2D eigenvalue weighted by Crippen LogP contribution is 2.28. The summed E-state index contributed by atoms with van der Waals surface area (Å²) in [7, 11) is 4.00. The predicted molar refractivity (Wildman–Crippen MR) is 142 cm³/mol. The van der Waals surface area contributed by atoms with E-state index in [-0.39, 0.29) is 17.9 Å². The third-order valence-electron chi connectivity index (χ3n) is 6.33. The van der Waals surface area contributed by atoms with Crippen LogP contribution in [0.25, 0.3) is 0 Å². The molecule has 3 aromatic carbocycles. The van der Waals surface area contributed by atoms with Gasteiger partial charge in [-0.1, -0.05) is 35.9 Å². The van der Waals surface area contributed by atoms with Crippen LogP contribution in [-0.2, 0) is 6.54 Å². The Morgan fingerprint density at radius 1 is 1.03 bits per heavy atom. The average Bonchev–Trinajstić information content (AvgIpc) is 2.89. The Morgan fingerprint density at radius 3 is 2.49 bits per heavy atom. The van der Waals surface area contributed by atoms with E-state index in [4.69, 9.17) is 11.6 Å². The summed E-state index contributed by atoms with van der Waals surface area (Å²) in [6.07, 6.45) is 1.89. The first-order chi connectivity index (χ1) is 16.9. The van der Waals surface area contributed by atoms with Crippen LogP contribution in [0.4, 0.5) is 16.2 Å². The summed E-state index contributed by atoms with van der Waals surface area (Å²) in [5.41, 5.74) is 4.61. The molecule has 1 aliphatic rings. The Hall–Kier alpha value is -3.51. The van der Waals surface area contributed by atoms with Crippen LogP contribution >= 0.6 is 11.6 Å². The number of rotatable bonds is 6. The van der Waals surface area contributed by atoms with E-state index in [1.165, 1.54) is 0 Å². The summed E-state index contributed by atoms with van der Waals surface area (Å²) in [4.78, 5) is 29.5. The Bertz CT molecular complexity index is 1160. The summed E-state index contributed by atoms with van der Waals surface area (Å²) >= 11 is 5.93. The SMILES string of the molecule is CN(C)c1ccc(CNC(=O)c2cccc([C@H]3CCCN(C(=O)Nc4ccc(Cl)cc4)C3)c2)cc1. The molecule has 35 heavy (non-hydrogen) atoms. The maximum absolute atomic E-state index is 12.8. The van der Waals surface area contributed by atoms with Crippen molar-refractivity contribution in [1.82, 2.24) is 10.2 Å². The van der Waals surface area contributed by atoms with Crippen LogP contribution in [0.3, 0.4) is 0 Å². The predicted octanol–water partition coefficient (Wildman–Crippen LogP) is 5.75. The molecule has 7 heteroatoms. The minimum absolute atomic E-state index is 0.100. The molecule has 2 N–H and O–H groups in total. The molecule has 1 saturated heterocycles. The molecule has 0 saturated carbocycles. The molecule has 0 unspecified atom stereocenters. The molecular formula is C28H31ClN4O2. The maximum Gasteiger partial charge on any atom is 0.321 e. The van der Waals surface area contributed by atoms with Crippen LogP contribution in [-0.4, -0.2) is 44.0 Å². The van der Waals surface area contributed by atoms with Crippen molar-refractivity contribution >= 4 is 34.9 Å². The van der Waals surface area contributed by atoms with Gasteiger partial charge >= 0.3 is 6.03 Å². The smallest absolute Gasteiger partial charge is 0.321 e. The minimum Gasteiger partial charge on any atom is -0.378 e. The molecule has 0 spiro atoms. The molecule has 3 aromatic rings. The van der Waals surface area contributed by atoms with E-state index < -0.39 is 0 Å². The zero-order valence-electron chi connectivity index (χ0n) is 20.1. The molecule has 4 rings (SSSR count). The second-order valence-corrected chi connectivity index (χ2v) is 9.53. The Balaban J connectivity index is 1.36. The van der Waals surface area contributed by atoms with E-state index in [9.17, 15) is 9.59 Å². The van der Waals surface area contributed by atoms with Crippen molar-refractivity contribution < 1.29 is 9.59 Å². The summed E-state index contributed by atoms with van der Waals surface area (Å²) in [5.74, 6) is 0.0859. The second-order valence-electron chi connectivity index (χ2n) is 9.09. The lowest BCUT2D eigenvalue weighted by Crippen LogP contribution is -2.41. The quantitative estimate of drug-likeness (QED) is 0.462. The number of hydrogen-bond acceptors (Lipinski definition) is 3. The van der Waals surface area contributed by atoms with Crippen molar-refractivity contribution in [3.63, 3.8) is 0 Å². The molecule has 1 fully saturated rings. The van der Waals surface area contributed by atoms with Crippen LogP contribution in [0.5, 0.6) is 0 Å². The van der Waals surface area contributed by atoms with E-state index in [1.54, 1.807) is 24.3 Å². The number of benzene rings is 3. The number of hydrogen-bond donors (Lipinski definition) is 2. The number of carbonyl (C=O) groups is 2. The van der Waals surface area contributed by atoms with E-state index in [0.29, 0.717) is 30.2 Å². The van der Waals surface area contributed by atoms with Gasteiger partial charge in [0.1, 0.15) is 0 Å². The minimum atomic E-state index is -0.119. The molecule has 6 nitrogen and oxygen atoms in total. The van der Waals surface area contributed by atoms with Crippen LogP contribution in [0.2, 0.25) is 5.02 Å². The lowest BCUT2D eigenvalue weighted by Gasteiger charge is -2.33. The number of urea groups is 1. The number of nitrogens with zero attached hydrogens (tertiary/aromatic N) is 2. The van der Waals surface area contributed by atoms with Crippen molar-refractivity contribution in [1.29, 1.82) is 0 Å². The molecule has 0 bridgehead atoms. The van der Waals surface area contributed by atoms with Gasteiger partial charge in [-0.3, -0.25) is 4.79 Å². The molecular weight excluding hydrogens is 460 g/mol. The van der Waals surface area contributed by atoms with Crippen LogP contribution < -0.4 is 15.5 Å². The van der Waals surface area contributed by atoms with Crippen molar-refractivity contribution in [3.05, 3.63) is 94.5 Å². The van der Waals surface area contributed by atoms with Crippen molar-refractivity contribution in [2.45, 2.75) is 25.3 Å². The van der Waals surface area contributed by atoms with Gasteiger partial charge in [-0.05, 0) is 72.5 Å². The van der Waals surface area contributed by atoms with Crippen LogP contribution in [0, 0.1) is 0 Å². The van der Waals surface area contributed by atoms with Gasteiger partial charge in [0.15, 0.2) is 0 Å². The van der Waals surface area contributed by atoms with Gasteiger partial charge in [0, 0.05) is 61.6 Å². The van der Waals surface area contributed by atoms with E-state index >= 15 is 0 Å². The van der Waals surface area contributed by atoms with E-state index in [1.807, 2.05) is 72.4 Å². The number of amides is 3. The molecule has 182 valence electrons.